The van der Waals surface area contributed by atoms with Crippen LogP contribution < -0.4 is 10.2 Å². The Hall–Kier alpha value is -3.08. The van der Waals surface area contributed by atoms with Crippen molar-refractivity contribution in [2.45, 2.75) is 6.92 Å². The molecule has 0 fully saturated rings. The molecule has 0 bridgehead atoms. The second kappa shape index (κ2) is 7.74. The van der Waals surface area contributed by atoms with E-state index in [1.54, 1.807) is 48.5 Å². The fraction of sp³-hybridized carbons (Fsp3) is 0.0435. The van der Waals surface area contributed by atoms with Crippen LogP contribution in [0.3, 0.4) is 0 Å². The van der Waals surface area contributed by atoms with Crippen LogP contribution >= 0.6 is 23.2 Å². The Balaban J connectivity index is 1.86. The fourth-order valence-electron chi connectivity index (χ4n) is 3.25. The van der Waals surface area contributed by atoms with E-state index in [0.717, 1.165) is 10.5 Å². The minimum Gasteiger partial charge on any atom is -0.350 e. The van der Waals surface area contributed by atoms with Crippen LogP contribution in [0.1, 0.15) is 11.1 Å². The van der Waals surface area contributed by atoms with Crippen molar-refractivity contribution in [1.82, 2.24) is 0 Å². The number of carbonyl (C=O) groups excluding carboxylic acids is 2. The number of amides is 2. The molecule has 0 atom stereocenters. The zero-order valence-electron chi connectivity index (χ0n) is 15.4. The van der Waals surface area contributed by atoms with E-state index in [1.165, 1.54) is 0 Å². The van der Waals surface area contributed by atoms with Gasteiger partial charge >= 0.3 is 0 Å². The van der Waals surface area contributed by atoms with Crippen LogP contribution in [-0.4, -0.2) is 11.8 Å². The molecule has 1 aliphatic rings. The molecule has 3 aromatic rings. The molecule has 1 heterocycles. The minimum atomic E-state index is -0.471. The van der Waals surface area contributed by atoms with E-state index >= 15 is 0 Å². The topological polar surface area (TPSA) is 49.4 Å². The molecule has 0 radical (unpaired) electrons. The number of nitrogens with zero attached hydrogens (tertiary/aromatic N) is 1. The smallest absolute Gasteiger partial charge is 0.282 e. The number of para-hydroxylation sites is 1. The summed E-state index contributed by atoms with van der Waals surface area (Å²) in [6.07, 6.45) is 0. The molecule has 29 heavy (non-hydrogen) atoms. The third-order valence-corrected chi connectivity index (χ3v) is 5.50. The van der Waals surface area contributed by atoms with E-state index in [-0.39, 0.29) is 11.3 Å². The van der Waals surface area contributed by atoms with Crippen molar-refractivity contribution in [3.8, 4) is 0 Å². The predicted octanol–water partition coefficient (Wildman–Crippen LogP) is 5.70. The van der Waals surface area contributed by atoms with Gasteiger partial charge in [0.2, 0.25) is 0 Å². The average molecular weight is 423 g/mol. The van der Waals surface area contributed by atoms with Gasteiger partial charge in [0.1, 0.15) is 5.70 Å². The molecule has 0 saturated carbocycles. The Morgan fingerprint density at radius 3 is 2.14 bits per heavy atom. The van der Waals surface area contributed by atoms with Crippen LogP contribution in [0.15, 0.2) is 78.5 Å². The first-order chi connectivity index (χ1) is 14.0. The zero-order valence-corrected chi connectivity index (χ0v) is 17.0. The van der Waals surface area contributed by atoms with E-state index in [2.05, 4.69) is 5.32 Å². The van der Waals surface area contributed by atoms with Gasteiger partial charge in [0.05, 0.1) is 16.3 Å². The molecule has 0 aliphatic carbocycles. The first-order valence-electron chi connectivity index (χ1n) is 8.94. The molecular weight excluding hydrogens is 407 g/mol. The van der Waals surface area contributed by atoms with Gasteiger partial charge in [0.25, 0.3) is 11.8 Å². The Labute approximate surface area is 178 Å². The summed E-state index contributed by atoms with van der Waals surface area (Å²) in [5.74, 6) is -0.905. The number of imide groups is 1. The normalized spacial score (nSPS) is 14.0. The van der Waals surface area contributed by atoms with Crippen molar-refractivity contribution in [2.24, 2.45) is 0 Å². The largest absolute Gasteiger partial charge is 0.350 e. The number of benzene rings is 3. The lowest BCUT2D eigenvalue weighted by Crippen LogP contribution is -2.32. The quantitative estimate of drug-likeness (QED) is 0.548. The minimum absolute atomic E-state index is 0.187. The lowest BCUT2D eigenvalue weighted by atomic mass is 10.0. The zero-order chi connectivity index (χ0) is 20.5. The molecular formula is C23H16Cl2N2O2. The van der Waals surface area contributed by atoms with Crippen molar-refractivity contribution in [1.29, 1.82) is 0 Å². The van der Waals surface area contributed by atoms with Gasteiger partial charge in [-0.05, 0) is 42.3 Å². The predicted molar refractivity (Wildman–Crippen MR) is 117 cm³/mol. The van der Waals surface area contributed by atoms with Crippen molar-refractivity contribution >= 4 is 52.0 Å². The van der Waals surface area contributed by atoms with E-state index in [9.17, 15) is 9.59 Å². The van der Waals surface area contributed by atoms with Crippen molar-refractivity contribution in [2.75, 3.05) is 10.2 Å². The molecule has 144 valence electrons. The Morgan fingerprint density at radius 1 is 0.759 bits per heavy atom. The number of nitrogens with one attached hydrogen (secondary N) is 1. The van der Waals surface area contributed by atoms with Gasteiger partial charge in [-0.2, -0.15) is 0 Å². The molecule has 0 unspecified atom stereocenters. The molecule has 2 amide bonds. The summed E-state index contributed by atoms with van der Waals surface area (Å²) in [4.78, 5) is 27.8. The van der Waals surface area contributed by atoms with Gasteiger partial charge in [0.15, 0.2) is 0 Å². The highest BCUT2D eigenvalue weighted by Crippen LogP contribution is 2.37. The molecule has 3 aromatic carbocycles. The third-order valence-electron chi connectivity index (χ3n) is 4.77. The Morgan fingerprint density at radius 2 is 1.41 bits per heavy atom. The van der Waals surface area contributed by atoms with Gasteiger partial charge in [0, 0.05) is 10.7 Å². The SMILES string of the molecule is Cc1c(Cl)cccc1NC1=C(c2ccccc2)C(=O)N(c2ccccc2Cl)C1=O. The monoisotopic (exact) mass is 422 g/mol. The Kier molecular flexibility index (Phi) is 5.14. The van der Waals surface area contributed by atoms with Crippen molar-refractivity contribution in [3.05, 3.63) is 99.7 Å². The lowest BCUT2D eigenvalue weighted by Gasteiger charge is -2.17. The molecule has 0 saturated heterocycles. The maximum atomic E-state index is 13.3. The molecule has 6 heteroatoms. The van der Waals surface area contributed by atoms with Gasteiger partial charge in [-0.1, -0.05) is 71.7 Å². The van der Waals surface area contributed by atoms with Crippen LogP contribution in [0.2, 0.25) is 10.0 Å². The van der Waals surface area contributed by atoms with E-state index in [4.69, 9.17) is 23.2 Å². The summed E-state index contributed by atoms with van der Waals surface area (Å²) in [5.41, 5.74) is 2.90. The summed E-state index contributed by atoms with van der Waals surface area (Å²) in [6, 6.07) is 21.2. The van der Waals surface area contributed by atoms with Crippen LogP contribution in [0, 0.1) is 6.92 Å². The van der Waals surface area contributed by atoms with E-state index < -0.39 is 11.8 Å². The lowest BCUT2D eigenvalue weighted by molar-refractivity contribution is -0.120. The van der Waals surface area contributed by atoms with Gasteiger partial charge in [-0.15, -0.1) is 0 Å². The Bertz CT molecular complexity index is 1160. The number of anilines is 2. The second-order valence-corrected chi connectivity index (χ2v) is 7.36. The highest BCUT2D eigenvalue weighted by molar-refractivity contribution is 6.48. The number of hydrogen-bond donors (Lipinski definition) is 1. The van der Waals surface area contributed by atoms with Crippen molar-refractivity contribution < 1.29 is 9.59 Å². The molecule has 4 rings (SSSR count). The van der Waals surface area contributed by atoms with Gasteiger partial charge in [-0.3, -0.25) is 9.59 Å². The van der Waals surface area contributed by atoms with Crippen molar-refractivity contribution in [3.63, 3.8) is 0 Å². The first kappa shape index (κ1) is 19.2. The first-order valence-corrected chi connectivity index (χ1v) is 9.70. The molecule has 1 aliphatic heterocycles. The highest BCUT2D eigenvalue weighted by Gasteiger charge is 2.41. The number of hydrogen-bond acceptors (Lipinski definition) is 3. The van der Waals surface area contributed by atoms with Crippen LogP contribution in [-0.2, 0) is 9.59 Å². The van der Waals surface area contributed by atoms with Crippen LogP contribution in [0.25, 0.3) is 5.57 Å². The third kappa shape index (κ3) is 3.41. The summed E-state index contributed by atoms with van der Waals surface area (Å²) in [5, 5.41) is 4.03. The summed E-state index contributed by atoms with van der Waals surface area (Å²) < 4.78 is 0. The molecule has 1 N–H and O–H groups in total. The molecule has 4 nitrogen and oxygen atoms in total. The van der Waals surface area contributed by atoms with Gasteiger partial charge in [-0.25, -0.2) is 4.90 Å². The average Bonchev–Trinajstić information content (AvgIpc) is 2.96. The summed E-state index contributed by atoms with van der Waals surface area (Å²) >= 11 is 12.5. The fourth-order valence-corrected chi connectivity index (χ4v) is 3.64. The number of rotatable bonds is 4. The number of carbonyl (C=O) groups is 2. The van der Waals surface area contributed by atoms with Crippen LogP contribution in [0.4, 0.5) is 11.4 Å². The van der Waals surface area contributed by atoms with Crippen LogP contribution in [0.5, 0.6) is 0 Å². The molecule has 0 aromatic heterocycles. The maximum absolute atomic E-state index is 13.3. The standard InChI is InChI=1S/C23H16Cl2N2O2/c1-14-16(24)11-7-12-18(14)26-21-20(15-8-3-2-4-9-15)22(28)27(23(21)29)19-13-6-5-10-17(19)25/h2-13,26H,1H3. The van der Waals surface area contributed by atoms with E-state index in [1.807, 2.05) is 31.2 Å². The second-order valence-electron chi connectivity index (χ2n) is 6.55. The highest BCUT2D eigenvalue weighted by atomic mass is 35.5. The summed E-state index contributed by atoms with van der Waals surface area (Å²) in [6.45, 7) is 1.85. The molecule has 0 spiro atoms. The maximum Gasteiger partial charge on any atom is 0.282 e. The summed E-state index contributed by atoms with van der Waals surface area (Å²) in [7, 11) is 0. The van der Waals surface area contributed by atoms with E-state index in [0.29, 0.717) is 27.0 Å². The van der Waals surface area contributed by atoms with Gasteiger partial charge < -0.3 is 5.32 Å². The number of halogens is 2.